The maximum atomic E-state index is 11.5. The van der Waals surface area contributed by atoms with E-state index in [2.05, 4.69) is 5.32 Å². The fraction of sp³-hybridized carbons (Fsp3) is 0.900. The van der Waals surface area contributed by atoms with Crippen LogP contribution < -0.4 is 11.1 Å². The van der Waals surface area contributed by atoms with Gasteiger partial charge in [-0.15, -0.1) is 0 Å². The Labute approximate surface area is 95.3 Å². The molecule has 0 bridgehead atoms. The summed E-state index contributed by atoms with van der Waals surface area (Å²) in [6.45, 7) is 5.55. The van der Waals surface area contributed by atoms with E-state index in [-0.39, 0.29) is 18.2 Å². The lowest BCUT2D eigenvalue weighted by Gasteiger charge is -2.30. The summed E-state index contributed by atoms with van der Waals surface area (Å²) in [5.41, 5.74) is 5.45. The SMILES string of the molecule is CC(C)(C)OC(=O)NC1CCSCC1N. The second kappa shape index (κ2) is 5.07. The molecule has 0 aromatic carbocycles. The van der Waals surface area contributed by atoms with Crippen LogP contribution in [0, 0.1) is 0 Å². The molecule has 2 unspecified atom stereocenters. The molecular formula is C10H20N2O2S. The first-order chi connectivity index (χ1) is 6.88. The lowest BCUT2D eigenvalue weighted by atomic mass is 10.1. The molecule has 1 amide bonds. The van der Waals surface area contributed by atoms with Crippen LogP contribution in [0.15, 0.2) is 0 Å². The van der Waals surface area contributed by atoms with E-state index in [4.69, 9.17) is 10.5 Å². The highest BCUT2D eigenvalue weighted by molar-refractivity contribution is 7.99. The molecular weight excluding hydrogens is 212 g/mol. The Morgan fingerprint density at radius 3 is 2.73 bits per heavy atom. The van der Waals surface area contributed by atoms with Crippen LogP contribution in [-0.2, 0) is 4.74 Å². The fourth-order valence-corrected chi connectivity index (χ4v) is 2.49. The quantitative estimate of drug-likeness (QED) is 0.716. The molecule has 4 nitrogen and oxygen atoms in total. The van der Waals surface area contributed by atoms with Crippen LogP contribution in [0.1, 0.15) is 27.2 Å². The lowest BCUT2D eigenvalue weighted by molar-refractivity contribution is 0.0496. The summed E-state index contributed by atoms with van der Waals surface area (Å²) in [7, 11) is 0. The van der Waals surface area contributed by atoms with Crippen LogP contribution in [0.25, 0.3) is 0 Å². The smallest absolute Gasteiger partial charge is 0.407 e. The van der Waals surface area contributed by atoms with Crippen molar-refractivity contribution in [3.05, 3.63) is 0 Å². The number of carbonyl (C=O) groups excluding carboxylic acids is 1. The van der Waals surface area contributed by atoms with Gasteiger partial charge >= 0.3 is 6.09 Å². The summed E-state index contributed by atoms with van der Waals surface area (Å²) in [6, 6.07) is 0.0948. The zero-order valence-corrected chi connectivity index (χ0v) is 10.4. The molecule has 2 atom stereocenters. The summed E-state index contributed by atoms with van der Waals surface area (Å²) >= 11 is 1.83. The molecule has 0 aromatic rings. The Kier molecular flexibility index (Phi) is 4.28. The van der Waals surface area contributed by atoms with Gasteiger partial charge in [-0.3, -0.25) is 0 Å². The molecule has 1 heterocycles. The lowest BCUT2D eigenvalue weighted by Crippen LogP contribution is -2.52. The van der Waals surface area contributed by atoms with Crippen molar-refractivity contribution in [2.45, 2.75) is 44.9 Å². The number of alkyl carbamates (subject to hydrolysis) is 1. The van der Waals surface area contributed by atoms with Gasteiger partial charge in [0.15, 0.2) is 0 Å². The molecule has 15 heavy (non-hydrogen) atoms. The topological polar surface area (TPSA) is 64.3 Å². The van der Waals surface area contributed by atoms with E-state index in [1.165, 1.54) is 0 Å². The van der Waals surface area contributed by atoms with Crippen molar-refractivity contribution in [1.82, 2.24) is 5.32 Å². The van der Waals surface area contributed by atoms with Crippen LogP contribution >= 0.6 is 11.8 Å². The molecule has 3 N–H and O–H groups in total. The van der Waals surface area contributed by atoms with E-state index in [9.17, 15) is 4.79 Å². The molecule has 1 rings (SSSR count). The highest BCUT2D eigenvalue weighted by Gasteiger charge is 2.25. The van der Waals surface area contributed by atoms with E-state index in [1.807, 2.05) is 32.5 Å². The predicted octanol–water partition coefficient (Wildman–Crippen LogP) is 1.34. The summed E-state index contributed by atoms with van der Waals surface area (Å²) in [5, 5.41) is 2.83. The van der Waals surface area contributed by atoms with Crippen molar-refractivity contribution in [1.29, 1.82) is 0 Å². The van der Waals surface area contributed by atoms with E-state index < -0.39 is 5.60 Å². The van der Waals surface area contributed by atoms with Crippen LogP contribution in [0.4, 0.5) is 4.79 Å². The first-order valence-electron chi connectivity index (χ1n) is 5.21. The van der Waals surface area contributed by atoms with Crippen molar-refractivity contribution in [3.8, 4) is 0 Å². The molecule has 0 aliphatic carbocycles. The van der Waals surface area contributed by atoms with Gasteiger partial charge in [-0.25, -0.2) is 4.79 Å². The first kappa shape index (κ1) is 12.6. The van der Waals surface area contributed by atoms with Gasteiger partial charge in [0.1, 0.15) is 5.60 Å². The van der Waals surface area contributed by atoms with Crippen molar-refractivity contribution in [3.63, 3.8) is 0 Å². The van der Waals surface area contributed by atoms with Gasteiger partial charge < -0.3 is 15.8 Å². The van der Waals surface area contributed by atoms with Crippen LogP contribution in [0.2, 0.25) is 0 Å². The molecule has 1 aliphatic heterocycles. The van der Waals surface area contributed by atoms with E-state index in [0.717, 1.165) is 17.9 Å². The minimum atomic E-state index is -0.447. The van der Waals surface area contributed by atoms with Crippen molar-refractivity contribution < 1.29 is 9.53 Å². The van der Waals surface area contributed by atoms with Gasteiger partial charge in [-0.1, -0.05) is 0 Å². The number of thioether (sulfide) groups is 1. The van der Waals surface area contributed by atoms with Gasteiger partial charge in [0.05, 0.1) is 0 Å². The molecule has 0 saturated carbocycles. The average Bonchev–Trinajstić information content (AvgIpc) is 2.05. The maximum Gasteiger partial charge on any atom is 0.407 e. The van der Waals surface area contributed by atoms with Gasteiger partial charge in [0.25, 0.3) is 0 Å². The van der Waals surface area contributed by atoms with Crippen LogP contribution in [-0.4, -0.2) is 35.3 Å². The number of rotatable bonds is 1. The number of nitrogens with two attached hydrogens (primary N) is 1. The van der Waals surface area contributed by atoms with E-state index >= 15 is 0 Å². The van der Waals surface area contributed by atoms with Crippen molar-refractivity contribution in [2.75, 3.05) is 11.5 Å². The summed E-state index contributed by atoms with van der Waals surface area (Å²) in [6.07, 6.45) is 0.556. The monoisotopic (exact) mass is 232 g/mol. The Morgan fingerprint density at radius 2 is 2.20 bits per heavy atom. The highest BCUT2D eigenvalue weighted by Crippen LogP contribution is 2.17. The molecule has 1 fully saturated rings. The van der Waals surface area contributed by atoms with Gasteiger partial charge in [-0.05, 0) is 32.9 Å². The number of carbonyl (C=O) groups is 1. The Morgan fingerprint density at radius 1 is 1.53 bits per heavy atom. The zero-order valence-electron chi connectivity index (χ0n) is 9.58. The predicted molar refractivity (Wildman–Crippen MR) is 63.1 cm³/mol. The molecule has 0 spiro atoms. The third-order valence-electron chi connectivity index (χ3n) is 2.10. The van der Waals surface area contributed by atoms with Gasteiger partial charge in [0.2, 0.25) is 0 Å². The minimum Gasteiger partial charge on any atom is -0.444 e. The summed E-state index contributed by atoms with van der Waals surface area (Å²) < 4.78 is 5.18. The van der Waals surface area contributed by atoms with Gasteiger partial charge in [0, 0.05) is 17.8 Å². The highest BCUT2D eigenvalue weighted by atomic mass is 32.2. The van der Waals surface area contributed by atoms with E-state index in [1.54, 1.807) is 0 Å². The summed E-state index contributed by atoms with van der Waals surface area (Å²) in [5.74, 6) is 1.95. The molecule has 1 aliphatic rings. The number of nitrogens with one attached hydrogen (secondary N) is 1. The number of hydrogen-bond donors (Lipinski definition) is 2. The molecule has 0 radical (unpaired) electrons. The van der Waals surface area contributed by atoms with Crippen LogP contribution in [0.3, 0.4) is 0 Å². The van der Waals surface area contributed by atoms with Crippen molar-refractivity contribution in [2.24, 2.45) is 5.73 Å². The third-order valence-corrected chi connectivity index (χ3v) is 3.25. The van der Waals surface area contributed by atoms with Crippen LogP contribution in [0.5, 0.6) is 0 Å². The average molecular weight is 232 g/mol. The van der Waals surface area contributed by atoms with Gasteiger partial charge in [-0.2, -0.15) is 11.8 Å². The molecule has 5 heteroatoms. The Bertz CT molecular complexity index is 228. The number of hydrogen-bond acceptors (Lipinski definition) is 4. The molecule has 0 aromatic heterocycles. The number of amides is 1. The Balaban J connectivity index is 2.36. The minimum absolute atomic E-state index is 0.0382. The Hall–Kier alpha value is -0.420. The largest absolute Gasteiger partial charge is 0.444 e. The fourth-order valence-electron chi connectivity index (χ4n) is 1.40. The second-order valence-electron chi connectivity index (χ2n) is 4.78. The third kappa shape index (κ3) is 4.75. The van der Waals surface area contributed by atoms with Crippen molar-refractivity contribution >= 4 is 17.9 Å². The zero-order chi connectivity index (χ0) is 11.5. The first-order valence-corrected chi connectivity index (χ1v) is 6.37. The second-order valence-corrected chi connectivity index (χ2v) is 5.93. The molecule has 1 saturated heterocycles. The molecule has 88 valence electrons. The van der Waals surface area contributed by atoms with E-state index in [0.29, 0.717) is 0 Å². The normalized spacial score (nSPS) is 27.2. The number of ether oxygens (including phenoxy) is 1. The maximum absolute atomic E-state index is 11.5. The standard InChI is InChI=1S/C10H20N2O2S/c1-10(2,3)14-9(13)12-8-4-5-15-6-7(8)11/h7-8H,4-6,11H2,1-3H3,(H,12,13). The summed E-state index contributed by atoms with van der Waals surface area (Å²) in [4.78, 5) is 11.5.